The number of primary amides is 1. The molecule has 0 aliphatic heterocycles. The van der Waals surface area contributed by atoms with E-state index in [1.807, 2.05) is 5.32 Å². The molecule has 1 atom stereocenters. The van der Waals surface area contributed by atoms with E-state index in [2.05, 4.69) is 5.16 Å². The maximum absolute atomic E-state index is 11.6. The standard InChI is InChI=1S/C13H17N3O5/c1-7(16-19)10-5-4-9(20-3)6-11(10)21-8(2)12(17)15-13(14)18/h4-6,8,19H,1-3H3,(H3,14,15,17,18)/b16-7+. The number of ether oxygens (including phenoxy) is 2. The summed E-state index contributed by atoms with van der Waals surface area (Å²) < 4.78 is 10.6. The summed E-state index contributed by atoms with van der Waals surface area (Å²) in [5, 5.41) is 13.9. The lowest BCUT2D eigenvalue weighted by Crippen LogP contribution is -2.42. The summed E-state index contributed by atoms with van der Waals surface area (Å²) in [4.78, 5) is 22.3. The molecular weight excluding hydrogens is 278 g/mol. The third-order valence-electron chi connectivity index (χ3n) is 2.65. The Bertz CT molecular complexity index is 571. The zero-order valence-electron chi connectivity index (χ0n) is 11.9. The first-order valence-corrected chi connectivity index (χ1v) is 6.03. The summed E-state index contributed by atoms with van der Waals surface area (Å²) in [6, 6.07) is 3.86. The van der Waals surface area contributed by atoms with Crippen molar-refractivity contribution in [3.05, 3.63) is 23.8 Å². The van der Waals surface area contributed by atoms with Gasteiger partial charge >= 0.3 is 6.03 Å². The van der Waals surface area contributed by atoms with E-state index in [0.717, 1.165) is 0 Å². The van der Waals surface area contributed by atoms with E-state index in [0.29, 0.717) is 17.0 Å². The van der Waals surface area contributed by atoms with Crippen molar-refractivity contribution in [2.45, 2.75) is 20.0 Å². The van der Waals surface area contributed by atoms with Crippen molar-refractivity contribution < 1.29 is 24.3 Å². The van der Waals surface area contributed by atoms with Gasteiger partial charge < -0.3 is 20.4 Å². The molecule has 0 radical (unpaired) electrons. The fourth-order valence-corrected chi connectivity index (χ4v) is 1.55. The predicted molar refractivity (Wildman–Crippen MR) is 74.8 cm³/mol. The van der Waals surface area contributed by atoms with E-state index in [-0.39, 0.29) is 5.75 Å². The number of methoxy groups -OCH3 is 1. The molecule has 0 fully saturated rings. The Morgan fingerprint density at radius 3 is 2.62 bits per heavy atom. The molecule has 4 N–H and O–H groups in total. The summed E-state index contributed by atoms with van der Waals surface area (Å²) in [6.45, 7) is 3.02. The lowest BCUT2D eigenvalue weighted by molar-refractivity contribution is -0.126. The van der Waals surface area contributed by atoms with E-state index in [4.69, 9.17) is 20.4 Å². The number of benzene rings is 1. The predicted octanol–water partition coefficient (Wildman–Crippen LogP) is 0.856. The smallest absolute Gasteiger partial charge is 0.318 e. The molecule has 0 bridgehead atoms. The highest BCUT2D eigenvalue weighted by atomic mass is 16.5. The normalized spacial score (nSPS) is 12.4. The molecule has 3 amide bonds. The maximum Gasteiger partial charge on any atom is 0.318 e. The first kappa shape index (κ1) is 16.3. The summed E-state index contributed by atoms with van der Waals surface area (Å²) in [5.41, 5.74) is 5.66. The summed E-state index contributed by atoms with van der Waals surface area (Å²) >= 11 is 0. The van der Waals surface area contributed by atoms with Crippen LogP contribution >= 0.6 is 0 Å². The van der Waals surface area contributed by atoms with E-state index in [1.165, 1.54) is 20.1 Å². The number of nitrogens with one attached hydrogen (secondary N) is 1. The molecule has 1 aromatic rings. The largest absolute Gasteiger partial charge is 0.497 e. The zero-order valence-corrected chi connectivity index (χ0v) is 11.9. The quantitative estimate of drug-likeness (QED) is 0.422. The van der Waals surface area contributed by atoms with Gasteiger partial charge in [-0.1, -0.05) is 5.16 Å². The van der Waals surface area contributed by atoms with Crippen molar-refractivity contribution in [3.8, 4) is 11.5 Å². The molecule has 1 unspecified atom stereocenters. The van der Waals surface area contributed by atoms with Gasteiger partial charge in [-0.15, -0.1) is 0 Å². The number of rotatable bonds is 5. The average Bonchev–Trinajstić information content (AvgIpc) is 2.45. The van der Waals surface area contributed by atoms with Crippen LogP contribution in [-0.2, 0) is 4.79 Å². The van der Waals surface area contributed by atoms with Crippen molar-refractivity contribution in [2.75, 3.05) is 7.11 Å². The molecule has 0 aliphatic carbocycles. The Kier molecular flexibility index (Phi) is 5.53. The Hall–Kier alpha value is -2.77. The molecular formula is C13H17N3O5. The Balaban J connectivity index is 3.04. The van der Waals surface area contributed by atoms with Gasteiger partial charge in [0.1, 0.15) is 11.5 Å². The second kappa shape index (κ2) is 7.13. The van der Waals surface area contributed by atoms with Crippen LogP contribution in [-0.4, -0.2) is 36.1 Å². The third-order valence-corrected chi connectivity index (χ3v) is 2.65. The van der Waals surface area contributed by atoms with Gasteiger partial charge in [0.25, 0.3) is 5.91 Å². The topological polar surface area (TPSA) is 123 Å². The van der Waals surface area contributed by atoms with Crippen LogP contribution in [0, 0.1) is 0 Å². The van der Waals surface area contributed by atoms with Crippen LogP contribution < -0.4 is 20.5 Å². The number of urea groups is 1. The van der Waals surface area contributed by atoms with Crippen molar-refractivity contribution in [1.82, 2.24) is 5.32 Å². The van der Waals surface area contributed by atoms with Gasteiger partial charge in [0, 0.05) is 11.6 Å². The number of oxime groups is 1. The highest BCUT2D eigenvalue weighted by Crippen LogP contribution is 2.26. The zero-order chi connectivity index (χ0) is 16.0. The molecule has 0 saturated carbocycles. The number of nitrogens with two attached hydrogens (primary N) is 1. The molecule has 0 aromatic heterocycles. The Morgan fingerprint density at radius 1 is 1.43 bits per heavy atom. The van der Waals surface area contributed by atoms with Crippen LogP contribution in [0.5, 0.6) is 11.5 Å². The van der Waals surface area contributed by atoms with Crippen LogP contribution in [0.2, 0.25) is 0 Å². The van der Waals surface area contributed by atoms with Crippen molar-refractivity contribution >= 4 is 17.6 Å². The van der Waals surface area contributed by atoms with Crippen LogP contribution in [0.4, 0.5) is 4.79 Å². The molecule has 8 nitrogen and oxygen atoms in total. The molecule has 1 rings (SSSR count). The molecule has 0 aliphatic rings. The van der Waals surface area contributed by atoms with Crippen molar-refractivity contribution in [2.24, 2.45) is 10.9 Å². The summed E-state index contributed by atoms with van der Waals surface area (Å²) in [6.07, 6.45) is -0.977. The first-order chi connectivity index (χ1) is 9.88. The number of hydrogen-bond acceptors (Lipinski definition) is 6. The minimum absolute atomic E-state index is 0.275. The minimum Gasteiger partial charge on any atom is -0.497 e. The fourth-order valence-electron chi connectivity index (χ4n) is 1.55. The lowest BCUT2D eigenvalue weighted by Gasteiger charge is -2.17. The van der Waals surface area contributed by atoms with Crippen molar-refractivity contribution in [3.63, 3.8) is 0 Å². The molecule has 0 spiro atoms. The number of nitrogens with zero attached hydrogens (tertiary/aromatic N) is 1. The van der Waals surface area contributed by atoms with Gasteiger partial charge in [-0.05, 0) is 26.0 Å². The van der Waals surface area contributed by atoms with Gasteiger partial charge in [0.2, 0.25) is 0 Å². The van der Waals surface area contributed by atoms with Crippen LogP contribution in [0.25, 0.3) is 0 Å². The number of hydrogen-bond donors (Lipinski definition) is 3. The van der Waals surface area contributed by atoms with Crippen LogP contribution in [0.15, 0.2) is 23.4 Å². The van der Waals surface area contributed by atoms with Crippen LogP contribution in [0.1, 0.15) is 19.4 Å². The average molecular weight is 295 g/mol. The van der Waals surface area contributed by atoms with Gasteiger partial charge in [0.05, 0.1) is 12.8 Å². The highest BCUT2D eigenvalue weighted by molar-refractivity contribution is 6.01. The molecule has 0 saturated heterocycles. The summed E-state index contributed by atoms with van der Waals surface area (Å²) in [7, 11) is 1.48. The maximum atomic E-state index is 11.6. The molecule has 0 heterocycles. The number of carbonyl (C=O) groups is 2. The second-order valence-corrected chi connectivity index (χ2v) is 4.16. The molecule has 1 aromatic carbocycles. The first-order valence-electron chi connectivity index (χ1n) is 6.03. The number of amides is 3. The highest BCUT2D eigenvalue weighted by Gasteiger charge is 2.19. The monoisotopic (exact) mass is 295 g/mol. The van der Waals surface area contributed by atoms with Gasteiger partial charge in [-0.25, -0.2) is 4.79 Å². The number of carbonyl (C=O) groups excluding carboxylic acids is 2. The number of imide groups is 1. The SMILES string of the molecule is COc1ccc(/C(C)=N/O)c(OC(C)C(=O)NC(N)=O)c1. The van der Waals surface area contributed by atoms with Crippen molar-refractivity contribution in [1.29, 1.82) is 0 Å². The third kappa shape index (κ3) is 4.37. The van der Waals surface area contributed by atoms with Crippen LogP contribution in [0.3, 0.4) is 0 Å². The molecule has 21 heavy (non-hydrogen) atoms. The van der Waals surface area contributed by atoms with Gasteiger partial charge in [-0.2, -0.15) is 0 Å². The van der Waals surface area contributed by atoms with Gasteiger partial charge in [0.15, 0.2) is 6.10 Å². The van der Waals surface area contributed by atoms with E-state index in [1.54, 1.807) is 19.1 Å². The second-order valence-electron chi connectivity index (χ2n) is 4.16. The Labute approximate surface area is 121 Å². The Morgan fingerprint density at radius 2 is 2.10 bits per heavy atom. The summed E-state index contributed by atoms with van der Waals surface area (Å²) in [5.74, 6) is 0.0913. The van der Waals surface area contributed by atoms with Gasteiger partial charge in [-0.3, -0.25) is 10.1 Å². The van der Waals surface area contributed by atoms with E-state index >= 15 is 0 Å². The molecule has 114 valence electrons. The molecule has 8 heteroatoms. The fraction of sp³-hybridized carbons (Fsp3) is 0.308. The minimum atomic E-state index is -0.977. The van der Waals surface area contributed by atoms with E-state index < -0.39 is 18.0 Å². The lowest BCUT2D eigenvalue weighted by atomic mass is 10.1. The van der Waals surface area contributed by atoms with E-state index in [9.17, 15) is 9.59 Å².